The van der Waals surface area contributed by atoms with Crippen LogP contribution in [0.25, 0.3) is 0 Å². The Kier molecular flexibility index (Phi) is 4.65. The van der Waals surface area contributed by atoms with E-state index in [0.717, 1.165) is 36.2 Å². The summed E-state index contributed by atoms with van der Waals surface area (Å²) in [4.78, 5) is 21.8. The van der Waals surface area contributed by atoms with Crippen molar-refractivity contribution < 1.29 is 19.8 Å². The summed E-state index contributed by atoms with van der Waals surface area (Å²) in [5, 5.41) is 22.5. The Balaban J connectivity index is 2.38. The number of hydrogen-bond acceptors (Lipinski definition) is 3. The first-order valence-electron chi connectivity index (χ1n) is 7.43. The van der Waals surface area contributed by atoms with Crippen molar-refractivity contribution in [1.82, 2.24) is 9.78 Å². The molecule has 0 aromatic carbocycles. The number of rotatable bonds is 6. The third-order valence-electron chi connectivity index (χ3n) is 4.01. The SMILES string of the molecule is CC(C)c1nn(CCC(=O)O)c2c1C(CC(=O)O)CCC2. The van der Waals surface area contributed by atoms with Gasteiger partial charge in [0.15, 0.2) is 0 Å². The predicted octanol–water partition coefficient (Wildman–Crippen LogP) is 2.38. The van der Waals surface area contributed by atoms with Gasteiger partial charge in [0.2, 0.25) is 0 Å². The molecule has 1 unspecified atom stereocenters. The van der Waals surface area contributed by atoms with E-state index in [2.05, 4.69) is 5.10 Å². The lowest BCUT2D eigenvalue weighted by Gasteiger charge is -2.23. The summed E-state index contributed by atoms with van der Waals surface area (Å²) in [6.07, 6.45) is 2.81. The fraction of sp³-hybridized carbons (Fsp3) is 0.667. The minimum absolute atomic E-state index is 0.00206. The molecule has 0 saturated heterocycles. The molecule has 116 valence electrons. The van der Waals surface area contributed by atoms with Gasteiger partial charge in [0, 0.05) is 11.3 Å². The Labute approximate surface area is 123 Å². The number of aliphatic carboxylic acids is 2. The topological polar surface area (TPSA) is 92.4 Å². The van der Waals surface area contributed by atoms with Crippen molar-refractivity contribution in [3.05, 3.63) is 17.0 Å². The molecule has 1 aliphatic rings. The molecule has 1 aromatic heterocycles. The maximum absolute atomic E-state index is 11.1. The number of nitrogens with zero attached hydrogens (tertiary/aromatic N) is 2. The fourth-order valence-electron chi connectivity index (χ4n) is 3.13. The molecular formula is C15H22N2O4. The molecule has 2 rings (SSSR count). The maximum atomic E-state index is 11.1. The van der Waals surface area contributed by atoms with Crippen LogP contribution >= 0.6 is 0 Å². The first-order chi connectivity index (χ1) is 9.90. The zero-order valence-electron chi connectivity index (χ0n) is 12.5. The van der Waals surface area contributed by atoms with Crippen LogP contribution in [0.4, 0.5) is 0 Å². The van der Waals surface area contributed by atoms with Crippen LogP contribution in [0.1, 0.15) is 68.3 Å². The molecule has 1 aromatic rings. The van der Waals surface area contributed by atoms with Crippen LogP contribution in [0.2, 0.25) is 0 Å². The van der Waals surface area contributed by atoms with Crippen LogP contribution in [0, 0.1) is 0 Å². The average molecular weight is 294 g/mol. The summed E-state index contributed by atoms with van der Waals surface area (Å²) < 4.78 is 1.78. The maximum Gasteiger partial charge on any atom is 0.305 e. The number of hydrogen-bond donors (Lipinski definition) is 2. The van der Waals surface area contributed by atoms with E-state index in [0.29, 0.717) is 6.54 Å². The molecule has 6 heteroatoms. The van der Waals surface area contributed by atoms with Crippen LogP contribution in [-0.2, 0) is 22.6 Å². The second kappa shape index (κ2) is 6.28. The van der Waals surface area contributed by atoms with Crippen molar-refractivity contribution >= 4 is 11.9 Å². The summed E-state index contributed by atoms with van der Waals surface area (Å²) in [7, 11) is 0. The third-order valence-corrected chi connectivity index (χ3v) is 4.01. The molecule has 0 spiro atoms. The monoisotopic (exact) mass is 294 g/mol. The normalized spacial score (nSPS) is 17.8. The summed E-state index contributed by atoms with van der Waals surface area (Å²) in [5.41, 5.74) is 3.03. The zero-order chi connectivity index (χ0) is 15.6. The fourth-order valence-corrected chi connectivity index (χ4v) is 3.13. The van der Waals surface area contributed by atoms with E-state index in [1.54, 1.807) is 4.68 Å². The number of carboxylic acids is 2. The van der Waals surface area contributed by atoms with Gasteiger partial charge < -0.3 is 10.2 Å². The molecule has 6 nitrogen and oxygen atoms in total. The number of carbonyl (C=O) groups is 2. The van der Waals surface area contributed by atoms with E-state index >= 15 is 0 Å². The van der Waals surface area contributed by atoms with Crippen molar-refractivity contribution in [3.8, 4) is 0 Å². The lowest BCUT2D eigenvalue weighted by Crippen LogP contribution is -2.17. The number of aryl methyl sites for hydroxylation is 1. The molecule has 0 saturated carbocycles. The van der Waals surface area contributed by atoms with Crippen molar-refractivity contribution in [2.45, 2.75) is 64.3 Å². The standard InChI is InChI=1S/C15H22N2O4/c1-9(2)15-14-10(8-13(20)21)4-3-5-11(14)17(16-15)7-6-12(18)19/h9-10H,3-8H2,1-2H3,(H,18,19)(H,20,21). The van der Waals surface area contributed by atoms with Crippen molar-refractivity contribution in [3.63, 3.8) is 0 Å². The smallest absolute Gasteiger partial charge is 0.305 e. The highest BCUT2D eigenvalue weighted by Crippen LogP contribution is 2.38. The van der Waals surface area contributed by atoms with Crippen molar-refractivity contribution in [1.29, 1.82) is 0 Å². The van der Waals surface area contributed by atoms with E-state index in [9.17, 15) is 9.59 Å². The first kappa shape index (κ1) is 15.5. The van der Waals surface area contributed by atoms with Crippen molar-refractivity contribution in [2.24, 2.45) is 0 Å². The number of fused-ring (bicyclic) bond motifs is 1. The van der Waals surface area contributed by atoms with Gasteiger partial charge >= 0.3 is 11.9 Å². The Morgan fingerprint density at radius 1 is 1.33 bits per heavy atom. The molecule has 1 heterocycles. The van der Waals surface area contributed by atoms with E-state index < -0.39 is 11.9 Å². The van der Waals surface area contributed by atoms with E-state index in [4.69, 9.17) is 10.2 Å². The van der Waals surface area contributed by atoms with Gasteiger partial charge in [-0.05, 0) is 31.1 Å². The van der Waals surface area contributed by atoms with Gasteiger partial charge in [-0.15, -0.1) is 0 Å². The highest BCUT2D eigenvalue weighted by molar-refractivity contribution is 5.68. The Hall–Kier alpha value is -1.85. The Morgan fingerprint density at radius 2 is 2.05 bits per heavy atom. The van der Waals surface area contributed by atoms with Gasteiger partial charge in [0.25, 0.3) is 0 Å². The van der Waals surface area contributed by atoms with E-state index in [1.165, 1.54) is 0 Å². The lowest BCUT2D eigenvalue weighted by atomic mass is 9.81. The zero-order valence-corrected chi connectivity index (χ0v) is 12.5. The Bertz CT molecular complexity index is 548. The molecule has 1 atom stereocenters. The molecule has 0 radical (unpaired) electrons. The van der Waals surface area contributed by atoms with E-state index in [-0.39, 0.29) is 24.7 Å². The van der Waals surface area contributed by atoms with E-state index in [1.807, 2.05) is 13.8 Å². The van der Waals surface area contributed by atoms with Crippen LogP contribution in [0.5, 0.6) is 0 Å². The number of aromatic nitrogens is 2. The molecule has 0 amide bonds. The molecule has 0 fully saturated rings. The minimum atomic E-state index is -0.844. The van der Waals surface area contributed by atoms with Crippen LogP contribution in [-0.4, -0.2) is 31.9 Å². The quantitative estimate of drug-likeness (QED) is 0.840. The predicted molar refractivity (Wildman–Crippen MR) is 76.5 cm³/mol. The summed E-state index contributed by atoms with van der Waals surface area (Å²) in [5.74, 6) is -1.43. The van der Waals surface area contributed by atoms with Gasteiger partial charge in [-0.25, -0.2) is 0 Å². The first-order valence-corrected chi connectivity index (χ1v) is 7.43. The van der Waals surface area contributed by atoms with Gasteiger partial charge in [0.05, 0.1) is 25.1 Å². The van der Waals surface area contributed by atoms with Crippen LogP contribution in [0.3, 0.4) is 0 Å². The van der Waals surface area contributed by atoms with Gasteiger partial charge in [-0.2, -0.15) is 5.10 Å². The molecule has 21 heavy (non-hydrogen) atoms. The van der Waals surface area contributed by atoms with Crippen molar-refractivity contribution in [2.75, 3.05) is 0 Å². The molecule has 0 aliphatic heterocycles. The Morgan fingerprint density at radius 3 is 2.62 bits per heavy atom. The van der Waals surface area contributed by atoms with Gasteiger partial charge in [-0.1, -0.05) is 13.8 Å². The molecule has 0 bridgehead atoms. The van der Waals surface area contributed by atoms with Gasteiger partial charge in [0.1, 0.15) is 0 Å². The largest absolute Gasteiger partial charge is 0.481 e. The summed E-state index contributed by atoms with van der Waals surface area (Å²) in [6.45, 7) is 4.43. The highest BCUT2D eigenvalue weighted by atomic mass is 16.4. The molecule has 1 aliphatic carbocycles. The second-order valence-electron chi connectivity index (χ2n) is 5.95. The number of carboxylic acid groups (broad SMARTS) is 2. The van der Waals surface area contributed by atoms with Crippen LogP contribution < -0.4 is 0 Å². The second-order valence-corrected chi connectivity index (χ2v) is 5.95. The minimum Gasteiger partial charge on any atom is -0.481 e. The average Bonchev–Trinajstić information content (AvgIpc) is 2.76. The van der Waals surface area contributed by atoms with Crippen LogP contribution in [0.15, 0.2) is 0 Å². The summed E-state index contributed by atoms with van der Waals surface area (Å²) >= 11 is 0. The summed E-state index contributed by atoms with van der Waals surface area (Å²) in [6, 6.07) is 0. The molecule has 2 N–H and O–H groups in total. The third kappa shape index (κ3) is 3.43. The lowest BCUT2D eigenvalue weighted by molar-refractivity contribution is -0.138. The van der Waals surface area contributed by atoms with Gasteiger partial charge in [-0.3, -0.25) is 14.3 Å². The highest BCUT2D eigenvalue weighted by Gasteiger charge is 2.30. The molecular weight excluding hydrogens is 272 g/mol.